The minimum Gasteiger partial charge on any atom is -0.384 e. The van der Waals surface area contributed by atoms with Crippen LogP contribution in [0.15, 0.2) is 78.9 Å². The Bertz CT molecular complexity index is 1030. The lowest BCUT2D eigenvalue weighted by Crippen LogP contribution is -2.39. The van der Waals surface area contributed by atoms with Crippen LogP contribution in [0.3, 0.4) is 0 Å². The molecule has 0 heterocycles. The SMILES string of the molecule is CC(O)(CNS(=O)(=O)Cc1ccccc1Cl)c1ccc(-c2ccccc2)cc1. The molecule has 0 amide bonds. The molecular formula is C22H22ClNO3S. The van der Waals surface area contributed by atoms with Crippen LogP contribution in [0.25, 0.3) is 11.1 Å². The Hall–Kier alpha value is -2.18. The van der Waals surface area contributed by atoms with E-state index in [-0.39, 0.29) is 12.3 Å². The fourth-order valence-electron chi connectivity index (χ4n) is 2.88. The van der Waals surface area contributed by atoms with Gasteiger partial charge in [0.05, 0.1) is 5.75 Å². The lowest BCUT2D eigenvalue weighted by Gasteiger charge is -2.24. The smallest absolute Gasteiger partial charge is 0.215 e. The summed E-state index contributed by atoms with van der Waals surface area (Å²) in [6, 6.07) is 24.2. The van der Waals surface area contributed by atoms with Gasteiger partial charge in [-0.15, -0.1) is 0 Å². The molecule has 3 aromatic carbocycles. The summed E-state index contributed by atoms with van der Waals surface area (Å²) in [6.45, 7) is 1.45. The second kappa shape index (κ2) is 8.45. The molecule has 0 saturated heterocycles. The number of hydrogen-bond acceptors (Lipinski definition) is 3. The first-order valence-corrected chi connectivity index (χ1v) is 10.9. The first-order valence-electron chi connectivity index (χ1n) is 8.86. The van der Waals surface area contributed by atoms with Gasteiger partial charge in [-0.25, -0.2) is 13.1 Å². The summed E-state index contributed by atoms with van der Waals surface area (Å²) in [4.78, 5) is 0. The molecule has 1 unspecified atom stereocenters. The zero-order valence-electron chi connectivity index (χ0n) is 15.5. The maximum atomic E-state index is 12.4. The first kappa shape index (κ1) is 20.6. The van der Waals surface area contributed by atoms with Gasteiger partial charge in [-0.2, -0.15) is 0 Å². The van der Waals surface area contributed by atoms with E-state index in [4.69, 9.17) is 11.6 Å². The summed E-state index contributed by atoms with van der Waals surface area (Å²) in [7, 11) is -3.64. The summed E-state index contributed by atoms with van der Waals surface area (Å²) >= 11 is 6.04. The molecule has 0 aliphatic heterocycles. The molecule has 6 heteroatoms. The molecule has 3 aromatic rings. The molecule has 0 fully saturated rings. The summed E-state index contributed by atoms with van der Waals surface area (Å²) in [5.74, 6) is -0.240. The van der Waals surface area contributed by atoms with Crippen molar-refractivity contribution in [3.8, 4) is 11.1 Å². The third-order valence-corrected chi connectivity index (χ3v) is 6.20. The first-order chi connectivity index (χ1) is 13.3. The van der Waals surface area contributed by atoms with Gasteiger partial charge in [0.15, 0.2) is 0 Å². The van der Waals surface area contributed by atoms with Gasteiger partial charge in [0.25, 0.3) is 0 Å². The van der Waals surface area contributed by atoms with Crippen molar-refractivity contribution in [2.24, 2.45) is 0 Å². The van der Waals surface area contributed by atoms with Crippen LogP contribution in [0.2, 0.25) is 5.02 Å². The third-order valence-electron chi connectivity index (χ3n) is 4.55. The van der Waals surface area contributed by atoms with Gasteiger partial charge in [0.2, 0.25) is 10.0 Å². The molecule has 146 valence electrons. The molecular weight excluding hydrogens is 394 g/mol. The largest absolute Gasteiger partial charge is 0.384 e. The van der Waals surface area contributed by atoms with Crippen LogP contribution in [0.4, 0.5) is 0 Å². The number of hydrogen-bond donors (Lipinski definition) is 2. The summed E-state index contributed by atoms with van der Waals surface area (Å²) < 4.78 is 27.3. The van der Waals surface area contributed by atoms with E-state index < -0.39 is 15.6 Å². The topological polar surface area (TPSA) is 66.4 Å². The minimum atomic E-state index is -3.64. The van der Waals surface area contributed by atoms with Crippen molar-refractivity contribution in [3.63, 3.8) is 0 Å². The fourth-order valence-corrected chi connectivity index (χ4v) is 4.42. The highest BCUT2D eigenvalue weighted by molar-refractivity contribution is 7.88. The van der Waals surface area contributed by atoms with Crippen molar-refractivity contribution in [2.45, 2.75) is 18.3 Å². The quantitative estimate of drug-likeness (QED) is 0.603. The standard InChI is InChI=1S/C22H22ClNO3S/c1-22(25,16-24-28(26,27)15-19-9-5-6-10-21(19)23)20-13-11-18(12-14-20)17-7-3-2-4-8-17/h2-14,24-25H,15-16H2,1H3. The number of aliphatic hydroxyl groups is 1. The Morgan fingerprint density at radius 2 is 1.46 bits per heavy atom. The predicted octanol–water partition coefficient (Wildman–Crippen LogP) is 4.33. The van der Waals surface area contributed by atoms with E-state index in [1.54, 1.807) is 31.2 Å². The highest BCUT2D eigenvalue weighted by Crippen LogP contribution is 2.25. The molecule has 4 nitrogen and oxygen atoms in total. The minimum absolute atomic E-state index is 0.134. The maximum absolute atomic E-state index is 12.4. The Kier molecular flexibility index (Phi) is 6.20. The fraction of sp³-hybridized carbons (Fsp3) is 0.182. The van der Waals surface area contributed by atoms with Gasteiger partial charge in [-0.3, -0.25) is 0 Å². The van der Waals surface area contributed by atoms with Crippen LogP contribution >= 0.6 is 11.6 Å². The molecule has 3 rings (SSSR count). The van der Waals surface area contributed by atoms with Crippen LogP contribution in [0, 0.1) is 0 Å². The van der Waals surface area contributed by atoms with Crippen molar-refractivity contribution in [1.29, 1.82) is 0 Å². The van der Waals surface area contributed by atoms with Crippen LogP contribution in [0.1, 0.15) is 18.1 Å². The normalized spacial score (nSPS) is 13.8. The number of sulfonamides is 1. The van der Waals surface area contributed by atoms with E-state index in [9.17, 15) is 13.5 Å². The Morgan fingerprint density at radius 3 is 2.11 bits per heavy atom. The number of nitrogens with one attached hydrogen (secondary N) is 1. The molecule has 0 radical (unpaired) electrons. The van der Waals surface area contributed by atoms with Crippen LogP contribution in [0.5, 0.6) is 0 Å². The second-order valence-electron chi connectivity index (χ2n) is 6.89. The number of rotatable bonds is 7. The van der Waals surface area contributed by atoms with E-state index in [1.165, 1.54) is 0 Å². The summed E-state index contributed by atoms with van der Waals surface area (Å²) in [5, 5.41) is 11.2. The highest BCUT2D eigenvalue weighted by Gasteiger charge is 2.26. The molecule has 0 aliphatic rings. The van der Waals surface area contributed by atoms with Crippen LogP contribution < -0.4 is 4.72 Å². The third kappa shape index (κ3) is 5.20. The van der Waals surface area contributed by atoms with Gasteiger partial charge in [-0.1, -0.05) is 84.4 Å². The lowest BCUT2D eigenvalue weighted by molar-refractivity contribution is 0.0627. The van der Waals surface area contributed by atoms with Crippen molar-refractivity contribution < 1.29 is 13.5 Å². The van der Waals surface area contributed by atoms with Crippen molar-refractivity contribution >= 4 is 21.6 Å². The zero-order chi connectivity index (χ0) is 20.2. The molecule has 0 aliphatic carbocycles. The van der Waals surface area contributed by atoms with E-state index in [0.717, 1.165) is 11.1 Å². The summed E-state index contributed by atoms with van der Waals surface area (Å²) in [5.41, 5.74) is 1.91. The average Bonchev–Trinajstić information content (AvgIpc) is 2.69. The lowest BCUT2D eigenvalue weighted by atomic mass is 9.94. The Balaban J connectivity index is 1.68. The second-order valence-corrected chi connectivity index (χ2v) is 9.10. The predicted molar refractivity (Wildman–Crippen MR) is 114 cm³/mol. The number of benzene rings is 3. The highest BCUT2D eigenvalue weighted by atomic mass is 35.5. The molecule has 0 spiro atoms. The van der Waals surface area contributed by atoms with Gasteiger partial charge >= 0.3 is 0 Å². The van der Waals surface area contributed by atoms with Crippen molar-refractivity contribution in [1.82, 2.24) is 4.72 Å². The Morgan fingerprint density at radius 1 is 0.893 bits per heavy atom. The van der Waals surface area contributed by atoms with E-state index >= 15 is 0 Å². The van der Waals surface area contributed by atoms with Crippen LogP contribution in [-0.2, 0) is 21.4 Å². The van der Waals surface area contributed by atoms with Gasteiger partial charge in [-0.05, 0) is 35.2 Å². The van der Waals surface area contributed by atoms with Gasteiger partial charge in [0, 0.05) is 11.6 Å². The molecule has 2 N–H and O–H groups in total. The molecule has 28 heavy (non-hydrogen) atoms. The maximum Gasteiger partial charge on any atom is 0.215 e. The van der Waals surface area contributed by atoms with E-state index in [1.807, 2.05) is 54.6 Å². The van der Waals surface area contributed by atoms with Crippen molar-refractivity contribution in [2.75, 3.05) is 6.54 Å². The summed E-state index contributed by atoms with van der Waals surface area (Å²) in [6.07, 6.45) is 0. The molecule has 0 saturated carbocycles. The monoisotopic (exact) mass is 415 g/mol. The molecule has 0 bridgehead atoms. The average molecular weight is 416 g/mol. The van der Waals surface area contributed by atoms with E-state index in [0.29, 0.717) is 16.1 Å². The molecule has 0 aromatic heterocycles. The van der Waals surface area contributed by atoms with Gasteiger partial charge in [0.1, 0.15) is 5.60 Å². The van der Waals surface area contributed by atoms with Crippen molar-refractivity contribution in [3.05, 3.63) is 95.0 Å². The van der Waals surface area contributed by atoms with Gasteiger partial charge < -0.3 is 5.11 Å². The zero-order valence-corrected chi connectivity index (χ0v) is 17.0. The Labute approximate surface area is 170 Å². The van der Waals surface area contributed by atoms with E-state index in [2.05, 4.69) is 4.72 Å². The molecule has 1 atom stereocenters. The number of halogens is 1. The van der Waals surface area contributed by atoms with Crippen LogP contribution in [-0.4, -0.2) is 20.1 Å².